The Morgan fingerprint density at radius 3 is 2.78 bits per heavy atom. The zero-order valence-corrected chi connectivity index (χ0v) is 14.8. The average Bonchev–Trinajstić information content (AvgIpc) is 2.98. The predicted octanol–water partition coefficient (Wildman–Crippen LogP) is 3.32. The van der Waals surface area contributed by atoms with Crippen LogP contribution < -0.4 is 10.2 Å². The number of thiophene rings is 1. The monoisotopic (exact) mass is 330 g/mol. The average molecular weight is 331 g/mol. The van der Waals surface area contributed by atoms with Crippen LogP contribution in [0.25, 0.3) is 10.2 Å². The summed E-state index contributed by atoms with van der Waals surface area (Å²) in [6.07, 6.45) is 8.49. The first-order valence-electron chi connectivity index (χ1n) is 9.13. The van der Waals surface area contributed by atoms with E-state index < -0.39 is 0 Å². The summed E-state index contributed by atoms with van der Waals surface area (Å²) in [5.41, 5.74) is 1.56. The molecule has 0 saturated carbocycles. The van der Waals surface area contributed by atoms with E-state index in [0.717, 1.165) is 38.4 Å². The summed E-state index contributed by atoms with van der Waals surface area (Å²) in [6.45, 7) is 6.47. The van der Waals surface area contributed by atoms with E-state index in [2.05, 4.69) is 17.1 Å². The lowest BCUT2D eigenvalue weighted by Crippen LogP contribution is -2.44. The van der Waals surface area contributed by atoms with Crippen molar-refractivity contribution in [2.45, 2.75) is 51.9 Å². The number of aromatic nitrogens is 2. The van der Waals surface area contributed by atoms with Gasteiger partial charge < -0.3 is 10.2 Å². The molecule has 2 aromatic heterocycles. The van der Waals surface area contributed by atoms with Gasteiger partial charge in [-0.15, -0.1) is 11.3 Å². The quantitative estimate of drug-likeness (QED) is 0.934. The van der Waals surface area contributed by atoms with Gasteiger partial charge in [-0.1, -0.05) is 13.3 Å². The Bertz CT molecular complexity index is 688. The van der Waals surface area contributed by atoms with Gasteiger partial charge in [-0.3, -0.25) is 0 Å². The molecule has 2 aromatic rings. The fourth-order valence-electron chi connectivity index (χ4n) is 3.73. The lowest BCUT2D eigenvalue weighted by atomic mass is 9.97. The molecule has 0 radical (unpaired) electrons. The van der Waals surface area contributed by atoms with Crippen molar-refractivity contribution in [2.24, 2.45) is 0 Å². The number of piperazine rings is 1. The van der Waals surface area contributed by atoms with Crippen LogP contribution in [0.15, 0.2) is 0 Å². The lowest BCUT2D eigenvalue weighted by Gasteiger charge is -2.29. The molecule has 1 N–H and O–H groups in total. The third kappa shape index (κ3) is 2.96. The van der Waals surface area contributed by atoms with Gasteiger partial charge in [-0.2, -0.15) is 0 Å². The van der Waals surface area contributed by atoms with E-state index in [1.54, 1.807) is 10.4 Å². The highest BCUT2D eigenvalue weighted by Crippen LogP contribution is 2.39. The molecule has 0 amide bonds. The smallest absolute Gasteiger partial charge is 0.141 e. The van der Waals surface area contributed by atoms with Gasteiger partial charge in [0.15, 0.2) is 0 Å². The number of unbranched alkanes of at least 4 members (excludes halogenated alkanes) is 1. The van der Waals surface area contributed by atoms with Crippen LogP contribution in [0.2, 0.25) is 0 Å². The third-order valence-corrected chi connectivity index (χ3v) is 6.20. The first-order valence-corrected chi connectivity index (χ1v) is 9.95. The van der Waals surface area contributed by atoms with Gasteiger partial charge in [0.2, 0.25) is 0 Å². The molecular formula is C18H26N4S. The van der Waals surface area contributed by atoms with E-state index in [1.807, 2.05) is 11.3 Å². The number of fused-ring (bicyclic) bond motifs is 3. The van der Waals surface area contributed by atoms with Crippen LogP contribution in [-0.2, 0) is 19.3 Å². The standard InChI is InChI=1S/C18H26N4S/c1-2-3-8-15-20-17(22-11-9-19-10-12-22)16-13-6-4-5-7-14(13)23-18(16)21-15/h19H,2-12H2,1H3. The molecule has 5 heteroatoms. The molecule has 0 bridgehead atoms. The van der Waals surface area contributed by atoms with E-state index in [0.29, 0.717) is 0 Å². The van der Waals surface area contributed by atoms with Gasteiger partial charge in [-0.05, 0) is 37.7 Å². The molecule has 1 saturated heterocycles. The number of nitrogens with zero attached hydrogens (tertiary/aromatic N) is 3. The molecule has 0 aromatic carbocycles. The zero-order chi connectivity index (χ0) is 15.6. The number of nitrogens with one attached hydrogen (secondary N) is 1. The summed E-state index contributed by atoms with van der Waals surface area (Å²) in [7, 11) is 0. The summed E-state index contributed by atoms with van der Waals surface area (Å²) in [4.78, 5) is 15.3. The predicted molar refractivity (Wildman–Crippen MR) is 97.8 cm³/mol. The van der Waals surface area contributed by atoms with Crippen LogP contribution in [0.1, 0.15) is 48.9 Å². The van der Waals surface area contributed by atoms with E-state index in [4.69, 9.17) is 9.97 Å². The maximum atomic E-state index is 5.04. The number of hydrogen-bond acceptors (Lipinski definition) is 5. The fraction of sp³-hybridized carbons (Fsp3) is 0.667. The Kier molecular flexibility index (Phi) is 4.49. The highest BCUT2D eigenvalue weighted by molar-refractivity contribution is 7.19. The second kappa shape index (κ2) is 6.73. The van der Waals surface area contributed by atoms with Crippen molar-refractivity contribution >= 4 is 27.4 Å². The molecule has 1 aliphatic heterocycles. The molecule has 2 aliphatic rings. The summed E-state index contributed by atoms with van der Waals surface area (Å²) >= 11 is 1.93. The van der Waals surface area contributed by atoms with E-state index >= 15 is 0 Å². The molecule has 124 valence electrons. The van der Waals surface area contributed by atoms with Crippen molar-refractivity contribution in [1.82, 2.24) is 15.3 Å². The summed E-state index contributed by atoms with van der Waals surface area (Å²) in [5.74, 6) is 2.27. The Hall–Kier alpha value is -1.20. The van der Waals surface area contributed by atoms with Crippen molar-refractivity contribution in [3.63, 3.8) is 0 Å². The van der Waals surface area contributed by atoms with Crippen LogP contribution in [0.4, 0.5) is 5.82 Å². The van der Waals surface area contributed by atoms with E-state index in [-0.39, 0.29) is 0 Å². The first-order chi connectivity index (χ1) is 11.4. The molecule has 0 unspecified atom stereocenters. The van der Waals surface area contributed by atoms with Crippen molar-refractivity contribution in [3.8, 4) is 0 Å². The van der Waals surface area contributed by atoms with Crippen LogP contribution >= 0.6 is 11.3 Å². The highest BCUT2D eigenvalue weighted by Gasteiger charge is 2.24. The number of rotatable bonds is 4. The normalized spacial score (nSPS) is 18.4. The highest BCUT2D eigenvalue weighted by atomic mass is 32.1. The van der Waals surface area contributed by atoms with Crippen LogP contribution in [0.3, 0.4) is 0 Å². The molecule has 1 fully saturated rings. The fourth-order valence-corrected chi connectivity index (χ4v) is 5.01. The summed E-state index contributed by atoms with van der Waals surface area (Å²) in [5, 5.41) is 4.84. The Balaban J connectivity index is 1.82. The SMILES string of the molecule is CCCCc1nc(N2CCNCC2)c2c3c(sc2n1)CCCC3. The van der Waals surface area contributed by atoms with Gasteiger partial charge in [0.25, 0.3) is 0 Å². The van der Waals surface area contributed by atoms with Crippen LogP contribution in [-0.4, -0.2) is 36.1 Å². The van der Waals surface area contributed by atoms with Crippen LogP contribution in [0.5, 0.6) is 0 Å². The van der Waals surface area contributed by atoms with Gasteiger partial charge >= 0.3 is 0 Å². The first kappa shape index (κ1) is 15.3. The summed E-state index contributed by atoms with van der Waals surface area (Å²) < 4.78 is 0. The number of anilines is 1. The molecule has 0 atom stereocenters. The second-order valence-corrected chi connectivity index (χ2v) is 7.78. The minimum atomic E-state index is 1.01. The topological polar surface area (TPSA) is 41.1 Å². The largest absolute Gasteiger partial charge is 0.353 e. The van der Waals surface area contributed by atoms with Gasteiger partial charge in [0.05, 0.1) is 5.39 Å². The maximum Gasteiger partial charge on any atom is 0.141 e. The Morgan fingerprint density at radius 2 is 1.96 bits per heavy atom. The molecule has 23 heavy (non-hydrogen) atoms. The third-order valence-electron chi connectivity index (χ3n) is 5.01. The minimum Gasteiger partial charge on any atom is -0.353 e. The van der Waals surface area contributed by atoms with Crippen molar-refractivity contribution < 1.29 is 0 Å². The Morgan fingerprint density at radius 1 is 1.13 bits per heavy atom. The second-order valence-electron chi connectivity index (χ2n) is 6.70. The van der Waals surface area contributed by atoms with Gasteiger partial charge in [-0.25, -0.2) is 9.97 Å². The molecule has 1 aliphatic carbocycles. The van der Waals surface area contributed by atoms with Gasteiger partial charge in [0.1, 0.15) is 16.5 Å². The maximum absolute atomic E-state index is 5.04. The molecule has 4 rings (SSSR count). The van der Waals surface area contributed by atoms with Crippen molar-refractivity contribution in [3.05, 3.63) is 16.3 Å². The Labute approximate surface area is 142 Å². The van der Waals surface area contributed by atoms with Crippen LogP contribution in [0, 0.1) is 0 Å². The number of hydrogen-bond donors (Lipinski definition) is 1. The van der Waals surface area contributed by atoms with Gasteiger partial charge in [0, 0.05) is 37.5 Å². The molecule has 4 nitrogen and oxygen atoms in total. The molecule has 0 spiro atoms. The molecule has 3 heterocycles. The lowest BCUT2D eigenvalue weighted by molar-refractivity contribution is 0.584. The van der Waals surface area contributed by atoms with Crippen molar-refractivity contribution in [1.29, 1.82) is 0 Å². The zero-order valence-electron chi connectivity index (χ0n) is 14.0. The number of aryl methyl sites for hydroxylation is 3. The van der Waals surface area contributed by atoms with E-state index in [1.165, 1.54) is 54.6 Å². The van der Waals surface area contributed by atoms with Crippen molar-refractivity contribution in [2.75, 3.05) is 31.1 Å². The minimum absolute atomic E-state index is 1.01. The molecular weight excluding hydrogens is 304 g/mol. The summed E-state index contributed by atoms with van der Waals surface area (Å²) in [6, 6.07) is 0. The van der Waals surface area contributed by atoms with E-state index in [9.17, 15) is 0 Å².